The van der Waals surface area contributed by atoms with Gasteiger partial charge in [0.1, 0.15) is 23.9 Å². The Balaban J connectivity index is 1.95. The zero-order valence-corrected chi connectivity index (χ0v) is 12.7. The maximum absolute atomic E-state index is 5.71. The van der Waals surface area contributed by atoms with Crippen molar-refractivity contribution in [2.45, 2.75) is 13.5 Å². The molecule has 3 heteroatoms. The monoisotopic (exact) mass is 293 g/mol. The van der Waals surface area contributed by atoms with Gasteiger partial charge >= 0.3 is 0 Å². The summed E-state index contributed by atoms with van der Waals surface area (Å²) in [6.07, 6.45) is 5.38. The van der Waals surface area contributed by atoms with E-state index in [0.717, 1.165) is 17.0 Å². The van der Waals surface area contributed by atoms with E-state index in [1.54, 1.807) is 12.3 Å². The molecule has 0 N–H and O–H groups in total. The van der Waals surface area contributed by atoms with E-state index in [-0.39, 0.29) is 0 Å². The summed E-state index contributed by atoms with van der Waals surface area (Å²) >= 11 is 0. The Kier molecular flexibility index (Phi) is 5.55. The first-order chi connectivity index (χ1) is 10.6. The molecule has 1 aromatic carbocycles. The lowest BCUT2D eigenvalue weighted by molar-refractivity contribution is 0.299. The normalized spacial score (nSPS) is 10.4. The second kappa shape index (κ2) is 7.84. The van der Waals surface area contributed by atoms with E-state index in [0.29, 0.717) is 18.1 Å². The lowest BCUT2D eigenvalue weighted by Gasteiger charge is -2.09. The third kappa shape index (κ3) is 5.29. The van der Waals surface area contributed by atoms with Crippen LogP contribution in [0.15, 0.2) is 85.3 Å². The standard InChI is InChI=1S/C19H19NO2/c1-15(2)10-11-16(3)22-19-9-6-8-18(13-19)21-14-17-7-4-5-12-20-17/h4-13H,1,3,14H2,2H3/b11-10-. The minimum absolute atomic E-state index is 0.417. The molecule has 0 saturated heterocycles. The van der Waals surface area contributed by atoms with Crippen LogP contribution < -0.4 is 9.47 Å². The Morgan fingerprint density at radius 3 is 2.64 bits per heavy atom. The second-order valence-electron chi connectivity index (χ2n) is 4.83. The van der Waals surface area contributed by atoms with Crippen molar-refractivity contribution in [2.24, 2.45) is 0 Å². The third-order valence-electron chi connectivity index (χ3n) is 2.72. The van der Waals surface area contributed by atoms with Crippen molar-refractivity contribution in [1.82, 2.24) is 4.98 Å². The van der Waals surface area contributed by atoms with Crippen LogP contribution in [0.1, 0.15) is 12.6 Å². The maximum atomic E-state index is 5.71. The molecular formula is C19H19NO2. The molecule has 0 radical (unpaired) electrons. The number of nitrogens with zero attached hydrogens (tertiary/aromatic N) is 1. The highest BCUT2D eigenvalue weighted by Gasteiger charge is 2.00. The highest BCUT2D eigenvalue weighted by Crippen LogP contribution is 2.22. The van der Waals surface area contributed by atoms with Crippen LogP contribution >= 0.6 is 0 Å². The largest absolute Gasteiger partial charge is 0.487 e. The fourth-order valence-electron chi connectivity index (χ4n) is 1.69. The number of hydrogen-bond donors (Lipinski definition) is 0. The van der Waals surface area contributed by atoms with Gasteiger partial charge in [-0.1, -0.05) is 36.9 Å². The average molecular weight is 293 g/mol. The number of hydrogen-bond acceptors (Lipinski definition) is 3. The minimum atomic E-state index is 0.417. The molecule has 0 aliphatic rings. The molecule has 3 nitrogen and oxygen atoms in total. The number of aromatic nitrogens is 1. The molecule has 22 heavy (non-hydrogen) atoms. The van der Waals surface area contributed by atoms with Crippen molar-refractivity contribution in [1.29, 1.82) is 0 Å². The molecule has 0 fully saturated rings. The van der Waals surface area contributed by atoms with E-state index in [1.165, 1.54) is 0 Å². The van der Waals surface area contributed by atoms with Gasteiger partial charge in [0, 0.05) is 12.3 Å². The molecule has 1 aromatic heterocycles. The van der Waals surface area contributed by atoms with Crippen LogP contribution in [-0.2, 0) is 6.61 Å². The SMILES string of the molecule is C=C(C)/C=C\C(=C)Oc1cccc(OCc2ccccn2)c1. The molecule has 2 rings (SSSR count). The van der Waals surface area contributed by atoms with Crippen molar-refractivity contribution < 1.29 is 9.47 Å². The highest BCUT2D eigenvalue weighted by atomic mass is 16.5. The van der Waals surface area contributed by atoms with Crippen molar-refractivity contribution in [2.75, 3.05) is 0 Å². The van der Waals surface area contributed by atoms with Crippen molar-refractivity contribution >= 4 is 0 Å². The molecular weight excluding hydrogens is 274 g/mol. The quantitative estimate of drug-likeness (QED) is 0.548. The Morgan fingerprint density at radius 2 is 1.91 bits per heavy atom. The van der Waals surface area contributed by atoms with Crippen LogP contribution in [0.25, 0.3) is 0 Å². The van der Waals surface area contributed by atoms with Gasteiger partial charge in [0.2, 0.25) is 0 Å². The van der Waals surface area contributed by atoms with Gasteiger partial charge in [0.15, 0.2) is 0 Å². The van der Waals surface area contributed by atoms with Crippen LogP contribution in [0.4, 0.5) is 0 Å². The van der Waals surface area contributed by atoms with Crippen LogP contribution in [0.2, 0.25) is 0 Å². The zero-order chi connectivity index (χ0) is 15.8. The fraction of sp³-hybridized carbons (Fsp3) is 0.105. The topological polar surface area (TPSA) is 31.4 Å². The molecule has 0 unspecified atom stereocenters. The van der Waals surface area contributed by atoms with Gasteiger partial charge in [0.25, 0.3) is 0 Å². The predicted octanol–water partition coefficient (Wildman–Crippen LogP) is 4.69. The fourth-order valence-corrected chi connectivity index (χ4v) is 1.69. The van der Waals surface area contributed by atoms with Gasteiger partial charge < -0.3 is 9.47 Å². The Bertz CT molecular complexity index is 675. The summed E-state index contributed by atoms with van der Waals surface area (Å²) in [5.74, 6) is 1.94. The van der Waals surface area contributed by atoms with E-state index in [9.17, 15) is 0 Å². The Hall–Kier alpha value is -2.81. The number of pyridine rings is 1. The van der Waals surface area contributed by atoms with Crippen LogP contribution in [0, 0.1) is 0 Å². The Labute approximate surface area is 131 Å². The molecule has 0 atom stereocenters. The summed E-state index contributed by atoms with van der Waals surface area (Å²) in [7, 11) is 0. The Morgan fingerprint density at radius 1 is 1.09 bits per heavy atom. The summed E-state index contributed by atoms with van der Waals surface area (Å²) in [4.78, 5) is 4.22. The van der Waals surface area contributed by atoms with Crippen molar-refractivity contribution in [3.8, 4) is 11.5 Å². The summed E-state index contributed by atoms with van der Waals surface area (Å²) in [6.45, 7) is 9.97. The van der Waals surface area contributed by atoms with E-state index in [2.05, 4.69) is 18.1 Å². The summed E-state index contributed by atoms with van der Waals surface area (Å²) in [5.41, 5.74) is 1.82. The molecule has 1 heterocycles. The number of rotatable bonds is 7. The smallest absolute Gasteiger partial charge is 0.131 e. The first-order valence-corrected chi connectivity index (χ1v) is 6.96. The summed E-state index contributed by atoms with van der Waals surface area (Å²) in [6, 6.07) is 13.2. The second-order valence-corrected chi connectivity index (χ2v) is 4.83. The van der Waals surface area contributed by atoms with Crippen molar-refractivity contribution in [3.63, 3.8) is 0 Å². The van der Waals surface area contributed by atoms with Gasteiger partial charge in [-0.15, -0.1) is 0 Å². The lowest BCUT2D eigenvalue weighted by Crippen LogP contribution is -1.98. The van der Waals surface area contributed by atoms with Gasteiger partial charge in [-0.25, -0.2) is 0 Å². The number of allylic oxidation sites excluding steroid dienone is 3. The van der Waals surface area contributed by atoms with Crippen LogP contribution in [0.3, 0.4) is 0 Å². The minimum Gasteiger partial charge on any atom is -0.487 e. The molecule has 0 amide bonds. The molecule has 0 aliphatic carbocycles. The van der Waals surface area contributed by atoms with E-state index in [4.69, 9.17) is 9.47 Å². The van der Waals surface area contributed by atoms with Gasteiger partial charge in [-0.3, -0.25) is 4.98 Å². The predicted molar refractivity (Wildman–Crippen MR) is 88.7 cm³/mol. The van der Waals surface area contributed by atoms with E-state index >= 15 is 0 Å². The molecule has 2 aromatic rings. The van der Waals surface area contributed by atoms with Gasteiger partial charge in [0.05, 0.1) is 5.69 Å². The van der Waals surface area contributed by atoms with E-state index < -0.39 is 0 Å². The van der Waals surface area contributed by atoms with Gasteiger partial charge in [-0.05, 0) is 37.3 Å². The summed E-state index contributed by atoms with van der Waals surface area (Å²) in [5, 5.41) is 0. The third-order valence-corrected chi connectivity index (χ3v) is 2.72. The molecule has 0 bridgehead atoms. The molecule has 112 valence electrons. The summed E-state index contributed by atoms with van der Waals surface area (Å²) < 4.78 is 11.3. The van der Waals surface area contributed by atoms with Crippen LogP contribution in [0.5, 0.6) is 11.5 Å². The zero-order valence-electron chi connectivity index (χ0n) is 12.7. The molecule has 0 aliphatic heterocycles. The van der Waals surface area contributed by atoms with E-state index in [1.807, 2.05) is 55.5 Å². The highest BCUT2D eigenvalue weighted by molar-refractivity contribution is 5.35. The lowest BCUT2D eigenvalue weighted by atomic mass is 10.3. The molecule has 0 saturated carbocycles. The molecule has 0 spiro atoms. The first kappa shape index (κ1) is 15.6. The number of benzene rings is 1. The van der Waals surface area contributed by atoms with Crippen LogP contribution in [-0.4, -0.2) is 4.98 Å². The maximum Gasteiger partial charge on any atom is 0.131 e. The number of ether oxygens (including phenoxy) is 2. The van der Waals surface area contributed by atoms with Gasteiger partial charge in [-0.2, -0.15) is 0 Å². The average Bonchev–Trinajstić information content (AvgIpc) is 2.52. The first-order valence-electron chi connectivity index (χ1n) is 6.96. The van der Waals surface area contributed by atoms with Crippen molar-refractivity contribution in [3.05, 3.63) is 91.0 Å².